The zero-order valence-corrected chi connectivity index (χ0v) is 17.3. The highest BCUT2D eigenvalue weighted by atomic mass is 35.5. The highest BCUT2D eigenvalue weighted by molar-refractivity contribution is 5.85. The number of nitrogens with one attached hydrogen (secondary N) is 1. The molecule has 0 radical (unpaired) electrons. The molecule has 1 saturated heterocycles. The van der Waals surface area contributed by atoms with Gasteiger partial charge in [0.1, 0.15) is 5.75 Å². The molecule has 1 aromatic rings. The number of methoxy groups -OCH3 is 3. The van der Waals surface area contributed by atoms with E-state index in [0.717, 1.165) is 44.1 Å². The molecule has 1 atom stereocenters. The molecular formula is C18H32Cl2N2O3. The Kier molecular flexibility index (Phi) is 12.0. The number of hydrogen-bond donors (Lipinski definition) is 1. The topological polar surface area (TPSA) is 43.0 Å². The third-order valence-electron chi connectivity index (χ3n) is 4.52. The van der Waals surface area contributed by atoms with E-state index in [4.69, 9.17) is 14.2 Å². The molecule has 0 bridgehead atoms. The summed E-state index contributed by atoms with van der Waals surface area (Å²) in [5, 5.41) is 3.43. The van der Waals surface area contributed by atoms with Crippen molar-refractivity contribution < 1.29 is 14.2 Å². The molecule has 1 fully saturated rings. The van der Waals surface area contributed by atoms with Gasteiger partial charge in [0.15, 0.2) is 11.5 Å². The van der Waals surface area contributed by atoms with Crippen molar-refractivity contribution >= 4 is 24.8 Å². The highest BCUT2D eigenvalue weighted by Gasteiger charge is 2.26. The van der Waals surface area contributed by atoms with Crippen LogP contribution in [0.5, 0.6) is 17.2 Å². The van der Waals surface area contributed by atoms with Gasteiger partial charge >= 0.3 is 0 Å². The first kappa shape index (κ1) is 24.1. The lowest BCUT2D eigenvalue weighted by Crippen LogP contribution is -2.45. The van der Waals surface area contributed by atoms with Crippen molar-refractivity contribution in [3.8, 4) is 17.2 Å². The Morgan fingerprint density at radius 3 is 2.04 bits per heavy atom. The number of unbranched alkanes of at least 4 members (excludes halogenated alkanes) is 1. The van der Waals surface area contributed by atoms with Crippen LogP contribution in [0.3, 0.4) is 0 Å². The molecule has 1 aliphatic heterocycles. The summed E-state index contributed by atoms with van der Waals surface area (Å²) in [5.74, 6) is 2.35. The molecule has 0 saturated carbocycles. The molecule has 0 aliphatic carbocycles. The predicted octanol–water partition coefficient (Wildman–Crippen LogP) is 3.69. The highest BCUT2D eigenvalue weighted by Crippen LogP contribution is 2.40. The van der Waals surface area contributed by atoms with Crippen LogP contribution >= 0.6 is 24.8 Å². The van der Waals surface area contributed by atoms with Gasteiger partial charge in [0.05, 0.1) is 21.3 Å². The van der Waals surface area contributed by atoms with E-state index < -0.39 is 0 Å². The third kappa shape index (κ3) is 6.10. The van der Waals surface area contributed by atoms with E-state index in [2.05, 4.69) is 23.2 Å². The van der Waals surface area contributed by atoms with Crippen LogP contribution in [0.1, 0.15) is 37.8 Å². The smallest absolute Gasteiger partial charge is 0.164 e. The van der Waals surface area contributed by atoms with Crippen molar-refractivity contribution in [1.29, 1.82) is 0 Å². The van der Waals surface area contributed by atoms with E-state index in [9.17, 15) is 0 Å². The maximum absolute atomic E-state index is 5.66. The predicted molar refractivity (Wildman–Crippen MR) is 107 cm³/mol. The lowest BCUT2D eigenvalue weighted by atomic mass is 9.97. The minimum Gasteiger partial charge on any atom is -0.496 e. The summed E-state index contributed by atoms with van der Waals surface area (Å²) >= 11 is 0. The largest absolute Gasteiger partial charge is 0.496 e. The van der Waals surface area contributed by atoms with Gasteiger partial charge in [-0.25, -0.2) is 0 Å². The molecular weight excluding hydrogens is 363 g/mol. The van der Waals surface area contributed by atoms with Gasteiger partial charge < -0.3 is 19.5 Å². The minimum atomic E-state index is 0. The zero-order valence-electron chi connectivity index (χ0n) is 15.7. The quantitative estimate of drug-likeness (QED) is 0.727. The van der Waals surface area contributed by atoms with Crippen LogP contribution in [0.4, 0.5) is 0 Å². The Labute approximate surface area is 164 Å². The summed E-state index contributed by atoms with van der Waals surface area (Å²) in [6.45, 7) is 6.44. The van der Waals surface area contributed by atoms with Gasteiger partial charge in [-0.1, -0.05) is 19.8 Å². The summed E-state index contributed by atoms with van der Waals surface area (Å²) in [5.41, 5.74) is 1.19. The number of halogens is 2. The van der Waals surface area contributed by atoms with E-state index >= 15 is 0 Å². The first-order valence-corrected chi connectivity index (χ1v) is 8.49. The standard InChI is InChI=1S/C18H30N2O3.2ClH/c1-5-6-7-15(20-10-8-19-9-11-20)14-12-17(22-3)18(23-4)13-16(14)21-2;;/h12-13,15,19H,5-11H2,1-4H3;2*1H/t15-;;/m1../s1. The van der Waals surface area contributed by atoms with Crippen molar-refractivity contribution in [2.75, 3.05) is 47.5 Å². The maximum Gasteiger partial charge on any atom is 0.164 e. The fourth-order valence-electron chi connectivity index (χ4n) is 3.24. The SMILES string of the molecule is CCCC[C@H](c1cc(OC)c(OC)cc1OC)N1CCNCC1.Cl.Cl. The van der Waals surface area contributed by atoms with Gasteiger partial charge in [0.2, 0.25) is 0 Å². The van der Waals surface area contributed by atoms with Crippen molar-refractivity contribution in [3.63, 3.8) is 0 Å². The number of ether oxygens (including phenoxy) is 3. The second-order valence-electron chi connectivity index (χ2n) is 5.89. The van der Waals surface area contributed by atoms with E-state index in [1.54, 1.807) is 21.3 Å². The summed E-state index contributed by atoms with van der Waals surface area (Å²) in [6, 6.07) is 4.38. The van der Waals surface area contributed by atoms with Gasteiger partial charge in [-0.05, 0) is 12.5 Å². The Morgan fingerprint density at radius 1 is 0.960 bits per heavy atom. The lowest BCUT2D eigenvalue weighted by molar-refractivity contribution is 0.160. The van der Waals surface area contributed by atoms with Gasteiger partial charge in [-0.2, -0.15) is 0 Å². The third-order valence-corrected chi connectivity index (χ3v) is 4.52. The molecule has 25 heavy (non-hydrogen) atoms. The Bertz CT molecular complexity index is 497. The summed E-state index contributed by atoms with van der Waals surface area (Å²) < 4.78 is 16.6. The fraction of sp³-hybridized carbons (Fsp3) is 0.667. The Balaban J connectivity index is 0.00000288. The van der Waals surface area contributed by atoms with Gasteiger partial charge in [0.25, 0.3) is 0 Å². The number of benzene rings is 1. The van der Waals surface area contributed by atoms with Crippen molar-refractivity contribution in [2.45, 2.75) is 32.2 Å². The fourth-order valence-corrected chi connectivity index (χ4v) is 3.24. The van der Waals surface area contributed by atoms with Crippen molar-refractivity contribution in [2.24, 2.45) is 0 Å². The molecule has 0 amide bonds. The molecule has 1 aliphatic rings. The Hall–Kier alpha value is -0.880. The van der Waals surface area contributed by atoms with Gasteiger partial charge in [0, 0.05) is 43.9 Å². The molecule has 146 valence electrons. The van der Waals surface area contributed by atoms with Crippen LogP contribution in [0.2, 0.25) is 0 Å². The Morgan fingerprint density at radius 2 is 1.52 bits per heavy atom. The van der Waals surface area contributed by atoms with Crippen molar-refractivity contribution in [3.05, 3.63) is 17.7 Å². The van der Waals surface area contributed by atoms with Crippen molar-refractivity contribution in [1.82, 2.24) is 10.2 Å². The molecule has 0 spiro atoms. The zero-order chi connectivity index (χ0) is 16.7. The molecule has 5 nitrogen and oxygen atoms in total. The minimum absolute atomic E-state index is 0. The molecule has 7 heteroatoms. The average Bonchev–Trinajstić information content (AvgIpc) is 2.62. The van der Waals surface area contributed by atoms with E-state index in [0.29, 0.717) is 11.8 Å². The number of nitrogens with zero attached hydrogens (tertiary/aromatic N) is 1. The summed E-state index contributed by atoms with van der Waals surface area (Å²) in [6.07, 6.45) is 3.52. The normalized spacial score (nSPS) is 15.5. The maximum atomic E-state index is 5.66. The molecule has 1 N–H and O–H groups in total. The molecule has 2 rings (SSSR count). The van der Waals surface area contributed by atoms with E-state index in [1.165, 1.54) is 18.4 Å². The van der Waals surface area contributed by atoms with E-state index in [1.807, 2.05) is 6.07 Å². The summed E-state index contributed by atoms with van der Waals surface area (Å²) in [7, 11) is 5.06. The number of rotatable bonds is 8. The monoisotopic (exact) mass is 394 g/mol. The second kappa shape index (κ2) is 12.5. The lowest BCUT2D eigenvalue weighted by Gasteiger charge is -2.36. The molecule has 0 aromatic heterocycles. The van der Waals surface area contributed by atoms with Crippen LogP contribution < -0.4 is 19.5 Å². The van der Waals surface area contributed by atoms with Crippen LogP contribution in [0.15, 0.2) is 12.1 Å². The molecule has 0 unspecified atom stereocenters. The number of hydrogen-bond acceptors (Lipinski definition) is 5. The van der Waals surface area contributed by atoms with Crippen LogP contribution in [0, 0.1) is 0 Å². The number of piperazine rings is 1. The average molecular weight is 395 g/mol. The van der Waals surface area contributed by atoms with Gasteiger partial charge in [-0.15, -0.1) is 24.8 Å². The van der Waals surface area contributed by atoms with Crippen LogP contribution in [0.25, 0.3) is 0 Å². The summed E-state index contributed by atoms with van der Waals surface area (Å²) in [4.78, 5) is 2.55. The van der Waals surface area contributed by atoms with Crippen LogP contribution in [-0.4, -0.2) is 52.4 Å². The van der Waals surface area contributed by atoms with Crippen LogP contribution in [-0.2, 0) is 0 Å². The van der Waals surface area contributed by atoms with Gasteiger partial charge in [-0.3, -0.25) is 4.90 Å². The molecule has 1 aromatic carbocycles. The second-order valence-corrected chi connectivity index (χ2v) is 5.89. The first-order chi connectivity index (χ1) is 11.2. The molecule has 1 heterocycles. The first-order valence-electron chi connectivity index (χ1n) is 8.49. The van der Waals surface area contributed by atoms with E-state index in [-0.39, 0.29) is 24.8 Å².